The second-order valence-corrected chi connectivity index (χ2v) is 7.13. The molecule has 1 saturated heterocycles. The summed E-state index contributed by atoms with van der Waals surface area (Å²) in [6.07, 6.45) is 2.54. The normalized spacial score (nSPS) is 17.2. The first kappa shape index (κ1) is 20.3. The molecule has 2 fully saturated rings. The van der Waals surface area contributed by atoms with Gasteiger partial charge in [0.2, 0.25) is 5.91 Å². The quantitative estimate of drug-likeness (QED) is 0.818. The van der Waals surface area contributed by atoms with Gasteiger partial charge >= 0.3 is 0 Å². The van der Waals surface area contributed by atoms with Gasteiger partial charge in [0.15, 0.2) is 0 Å². The number of halogens is 3. The second kappa shape index (κ2) is 9.08. The van der Waals surface area contributed by atoms with Gasteiger partial charge in [-0.2, -0.15) is 0 Å². The summed E-state index contributed by atoms with van der Waals surface area (Å²) in [5.74, 6) is 0.722. The Morgan fingerprint density at radius 3 is 2.36 bits per heavy atom. The Balaban J connectivity index is 0.00000225. The van der Waals surface area contributed by atoms with E-state index in [0.29, 0.717) is 43.3 Å². The molecule has 8 heteroatoms. The first-order valence-electron chi connectivity index (χ1n) is 8.28. The third kappa shape index (κ3) is 5.23. The Morgan fingerprint density at radius 1 is 1.08 bits per heavy atom. The lowest BCUT2D eigenvalue weighted by Gasteiger charge is -2.35. The molecule has 1 heterocycles. The number of nitrogens with zero attached hydrogens (tertiary/aromatic N) is 2. The van der Waals surface area contributed by atoms with Crippen LogP contribution in [0.4, 0.5) is 0 Å². The van der Waals surface area contributed by atoms with Gasteiger partial charge in [-0.15, -0.1) is 12.4 Å². The molecule has 0 spiro atoms. The van der Waals surface area contributed by atoms with E-state index in [-0.39, 0.29) is 29.2 Å². The molecule has 0 atom stereocenters. The fourth-order valence-corrected chi connectivity index (χ4v) is 3.20. The molecule has 3 rings (SSSR count). The number of hydrogen-bond donors (Lipinski definition) is 1. The molecule has 1 aliphatic carbocycles. The molecule has 2 amide bonds. The Bertz CT molecular complexity index is 630. The van der Waals surface area contributed by atoms with Crippen LogP contribution >= 0.6 is 35.6 Å². The van der Waals surface area contributed by atoms with Crippen molar-refractivity contribution in [3.63, 3.8) is 0 Å². The Morgan fingerprint density at radius 2 is 1.72 bits per heavy atom. The van der Waals surface area contributed by atoms with Gasteiger partial charge in [0.05, 0.1) is 22.2 Å². The van der Waals surface area contributed by atoms with Crippen LogP contribution in [0.1, 0.15) is 23.2 Å². The minimum absolute atomic E-state index is 0. The first-order valence-corrected chi connectivity index (χ1v) is 9.03. The molecule has 1 aromatic rings. The van der Waals surface area contributed by atoms with Gasteiger partial charge < -0.3 is 15.1 Å². The van der Waals surface area contributed by atoms with Crippen LogP contribution in [0.25, 0.3) is 0 Å². The fraction of sp³-hybridized carbons (Fsp3) is 0.529. The summed E-state index contributed by atoms with van der Waals surface area (Å²) in [5, 5.41) is 3.87. The van der Waals surface area contributed by atoms with Gasteiger partial charge in [-0.3, -0.25) is 9.59 Å². The lowest BCUT2D eigenvalue weighted by molar-refractivity contribution is -0.131. The lowest BCUT2D eigenvalue weighted by atomic mass is 10.1. The maximum absolute atomic E-state index is 12.6. The maximum Gasteiger partial charge on any atom is 0.255 e. The minimum Gasteiger partial charge on any atom is -0.338 e. The van der Waals surface area contributed by atoms with Gasteiger partial charge in [-0.25, -0.2) is 0 Å². The monoisotopic (exact) mass is 405 g/mol. The number of nitrogens with one attached hydrogen (secondary N) is 1. The van der Waals surface area contributed by atoms with E-state index in [0.717, 1.165) is 12.5 Å². The summed E-state index contributed by atoms with van der Waals surface area (Å²) in [7, 11) is 0. The highest BCUT2D eigenvalue weighted by Crippen LogP contribution is 2.28. The first-order chi connectivity index (χ1) is 11.6. The van der Waals surface area contributed by atoms with Crippen LogP contribution in [0.15, 0.2) is 18.2 Å². The van der Waals surface area contributed by atoms with E-state index in [4.69, 9.17) is 23.2 Å². The Kier molecular flexibility index (Phi) is 7.37. The number of hydrogen-bond acceptors (Lipinski definition) is 3. The van der Waals surface area contributed by atoms with Crippen molar-refractivity contribution in [1.82, 2.24) is 15.1 Å². The van der Waals surface area contributed by atoms with Crippen molar-refractivity contribution in [2.24, 2.45) is 5.92 Å². The zero-order valence-corrected chi connectivity index (χ0v) is 16.2. The number of amides is 2. The van der Waals surface area contributed by atoms with Crippen molar-refractivity contribution < 1.29 is 9.59 Å². The molecular weight excluding hydrogens is 385 g/mol. The molecule has 5 nitrogen and oxygen atoms in total. The van der Waals surface area contributed by atoms with Crippen LogP contribution < -0.4 is 5.32 Å². The highest BCUT2D eigenvalue weighted by molar-refractivity contribution is 6.43. The predicted octanol–water partition coefficient (Wildman–Crippen LogP) is 2.70. The summed E-state index contributed by atoms with van der Waals surface area (Å²) in [4.78, 5) is 28.3. The van der Waals surface area contributed by atoms with Crippen LogP contribution in [-0.2, 0) is 4.79 Å². The summed E-state index contributed by atoms with van der Waals surface area (Å²) in [6, 6.07) is 5.05. The van der Waals surface area contributed by atoms with Crippen molar-refractivity contribution in [1.29, 1.82) is 0 Å². The van der Waals surface area contributed by atoms with Gasteiger partial charge in [-0.05, 0) is 37.4 Å². The highest BCUT2D eigenvalue weighted by Gasteiger charge is 2.26. The van der Waals surface area contributed by atoms with Gasteiger partial charge in [0.25, 0.3) is 5.91 Å². The number of piperazine rings is 1. The van der Waals surface area contributed by atoms with E-state index in [2.05, 4.69) is 5.32 Å². The van der Waals surface area contributed by atoms with Crippen molar-refractivity contribution in [3.8, 4) is 0 Å². The van der Waals surface area contributed by atoms with E-state index < -0.39 is 0 Å². The standard InChI is InChI=1S/C17H21Cl2N3O2.ClH/c18-14-3-1-2-13(16(14)19)17(24)22-8-6-21(7-9-22)15(23)11-20-10-12-4-5-12;/h1-3,12,20H,4-11H2;1H. The summed E-state index contributed by atoms with van der Waals surface area (Å²) < 4.78 is 0. The molecular formula is C17H22Cl3N3O2. The molecule has 138 valence electrons. The van der Waals surface area contributed by atoms with Crippen LogP contribution in [0.3, 0.4) is 0 Å². The molecule has 25 heavy (non-hydrogen) atoms. The van der Waals surface area contributed by atoms with Crippen molar-refractivity contribution >= 4 is 47.4 Å². The van der Waals surface area contributed by atoms with Crippen LogP contribution in [0, 0.1) is 5.92 Å². The Hall–Kier alpha value is -1.01. The van der Waals surface area contributed by atoms with Gasteiger partial charge in [0.1, 0.15) is 0 Å². The number of rotatable bonds is 5. The largest absolute Gasteiger partial charge is 0.338 e. The minimum atomic E-state index is -0.138. The molecule has 1 N–H and O–H groups in total. The second-order valence-electron chi connectivity index (χ2n) is 6.35. The predicted molar refractivity (Wildman–Crippen MR) is 102 cm³/mol. The van der Waals surface area contributed by atoms with Crippen LogP contribution in [0.2, 0.25) is 10.0 Å². The third-order valence-electron chi connectivity index (χ3n) is 4.51. The molecule has 1 saturated carbocycles. The average molecular weight is 407 g/mol. The van der Waals surface area contributed by atoms with Gasteiger partial charge in [-0.1, -0.05) is 29.3 Å². The van der Waals surface area contributed by atoms with E-state index >= 15 is 0 Å². The van der Waals surface area contributed by atoms with E-state index in [1.54, 1.807) is 23.1 Å². The molecule has 1 aromatic carbocycles. The third-order valence-corrected chi connectivity index (χ3v) is 5.33. The number of benzene rings is 1. The van der Waals surface area contributed by atoms with Gasteiger partial charge in [0, 0.05) is 26.2 Å². The van der Waals surface area contributed by atoms with E-state index in [1.807, 2.05) is 4.90 Å². The fourth-order valence-electron chi connectivity index (χ4n) is 2.82. The van der Waals surface area contributed by atoms with Crippen LogP contribution in [-0.4, -0.2) is 60.9 Å². The van der Waals surface area contributed by atoms with Crippen LogP contribution in [0.5, 0.6) is 0 Å². The zero-order valence-electron chi connectivity index (χ0n) is 13.8. The number of carbonyl (C=O) groups is 2. The highest BCUT2D eigenvalue weighted by atomic mass is 35.5. The smallest absolute Gasteiger partial charge is 0.255 e. The summed E-state index contributed by atoms with van der Waals surface area (Å²) in [6.45, 7) is 3.43. The molecule has 0 radical (unpaired) electrons. The molecule has 2 aliphatic rings. The van der Waals surface area contributed by atoms with E-state index in [9.17, 15) is 9.59 Å². The average Bonchev–Trinajstić information content (AvgIpc) is 3.41. The summed E-state index contributed by atoms with van der Waals surface area (Å²) >= 11 is 12.1. The molecule has 1 aliphatic heterocycles. The van der Waals surface area contributed by atoms with E-state index in [1.165, 1.54) is 12.8 Å². The Labute approximate surface area is 164 Å². The summed E-state index contributed by atoms with van der Waals surface area (Å²) in [5.41, 5.74) is 0.412. The SMILES string of the molecule is Cl.O=C(CNCC1CC1)N1CCN(C(=O)c2cccc(Cl)c2Cl)CC1. The lowest BCUT2D eigenvalue weighted by Crippen LogP contribution is -2.52. The topological polar surface area (TPSA) is 52.7 Å². The maximum atomic E-state index is 12.6. The van der Waals surface area contributed by atoms with Crippen molar-refractivity contribution in [3.05, 3.63) is 33.8 Å². The number of carbonyl (C=O) groups excluding carboxylic acids is 2. The zero-order chi connectivity index (χ0) is 17.1. The molecule has 0 unspecified atom stereocenters. The molecule has 0 aromatic heterocycles. The van der Waals surface area contributed by atoms with Crippen molar-refractivity contribution in [2.75, 3.05) is 39.3 Å². The van der Waals surface area contributed by atoms with Crippen molar-refractivity contribution in [2.45, 2.75) is 12.8 Å². The molecule has 0 bridgehead atoms.